The summed E-state index contributed by atoms with van der Waals surface area (Å²) in [4.78, 5) is 0. The predicted molar refractivity (Wildman–Crippen MR) is 70.3 cm³/mol. The Bertz CT molecular complexity index is 539. The van der Waals surface area contributed by atoms with Crippen LogP contribution in [0.2, 0.25) is 0 Å². The van der Waals surface area contributed by atoms with Crippen LogP contribution in [0.25, 0.3) is 0 Å². The third-order valence-corrected chi connectivity index (χ3v) is 3.09. The second-order valence-corrected chi connectivity index (χ2v) is 4.27. The Morgan fingerprint density at radius 3 is 2.72 bits per heavy atom. The molecule has 2 aromatic rings. The fourth-order valence-electron chi connectivity index (χ4n) is 2.12. The van der Waals surface area contributed by atoms with E-state index in [0.717, 1.165) is 22.8 Å². The number of benzene rings is 2. The summed E-state index contributed by atoms with van der Waals surface area (Å²) in [6.45, 7) is 0.681. The van der Waals surface area contributed by atoms with Gasteiger partial charge in [0.15, 0.2) is 0 Å². The maximum absolute atomic E-state index is 5.81. The summed E-state index contributed by atoms with van der Waals surface area (Å²) in [6.07, 6.45) is 0. The standard InChI is InChI=1S/C15H15NO2/c1-16-14-10-17-15-8-7-12(9-13(14)15)18-11-5-3-2-4-6-11/h2-9,14,16H,10H2,1H3. The molecule has 1 N–H and O–H groups in total. The molecule has 0 bridgehead atoms. The molecule has 3 nitrogen and oxygen atoms in total. The van der Waals surface area contributed by atoms with Crippen molar-refractivity contribution in [1.82, 2.24) is 5.32 Å². The quantitative estimate of drug-likeness (QED) is 0.895. The molecule has 1 atom stereocenters. The predicted octanol–water partition coefficient (Wildman–Crippen LogP) is 3.13. The zero-order valence-electron chi connectivity index (χ0n) is 10.2. The van der Waals surface area contributed by atoms with Crippen molar-refractivity contribution in [1.29, 1.82) is 0 Å². The Morgan fingerprint density at radius 2 is 1.94 bits per heavy atom. The van der Waals surface area contributed by atoms with Gasteiger partial charge in [0.1, 0.15) is 23.9 Å². The van der Waals surface area contributed by atoms with Crippen LogP contribution in [0.1, 0.15) is 11.6 Å². The summed E-state index contributed by atoms with van der Waals surface area (Å²) in [5.74, 6) is 2.62. The molecule has 0 aliphatic carbocycles. The second-order valence-electron chi connectivity index (χ2n) is 4.27. The first-order chi connectivity index (χ1) is 8.86. The first-order valence-corrected chi connectivity index (χ1v) is 6.04. The topological polar surface area (TPSA) is 30.5 Å². The van der Waals surface area contributed by atoms with Crippen LogP contribution in [0.3, 0.4) is 0 Å². The lowest BCUT2D eigenvalue weighted by Gasteiger charge is -2.09. The molecule has 3 rings (SSSR count). The molecule has 1 aliphatic heterocycles. The van der Waals surface area contributed by atoms with Gasteiger partial charge in [0, 0.05) is 5.56 Å². The van der Waals surface area contributed by atoms with Gasteiger partial charge in [0.2, 0.25) is 0 Å². The van der Waals surface area contributed by atoms with Gasteiger partial charge in [-0.15, -0.1) is 0 Å². The van der Waals surface area contributed by atoms with E-state index in [-0.39, 0.29) is 6.04 Å². The molecule has 92 valence electrons. The van der Waals surface area contributed by atoms with Crippen LogP contribution < -0.4 is 14.8 Å². The minimum atomic E-state index is 0.249. The van der Waals surface area contributed by atoms with Gasteiger partial charge in [-0.1, -0.05) is 18.2 Å². The Hall–Kier alpha value is -2.00. The molecule has 0 aromatic heterocycles. The normalized spacial score (nSPS) is 17.1. The summed E-state index contributed by atoms with van der Waals surface area (Å²) in [5.41, 5.74) is 1.16. The van der Waals surface area contributed by atoms with Crippen molar-refractivity contribution in [2.45, 2.75) is 6.04 Å². The van der Waals surface area contributed by atoms with Gasteiger partial charge in [-0.25, -0.2) is 0 Å². The maximum Gasteiger partial charge on any atom is 0.128 e. The highest BCUT2D eigenvalue weighted by Crippen LogP contribution is 2.36. The molecular weight excluding hydrogens is 226 g/mol. The van der Waals surface area contributed by atoms with Crippen molar-refractivity contribution in [2.24, 2.45) is 0 Å². The fraction of sp³-hybridized carbons (Fsp3) is 0.200. The van der Waals surface area contributed by atoms with E-state index in [2.05, 4.69) is 5.32 Å². The van der Waals surface area contributed by atoms with Crippen molar-refractivity contribution < 1.29 is 9.47 Å². The van der Waals surface area contributed by atoms with Crippen molar-refractivity contribution in [3.63, 3.8) is 0 Å². The maximum atomic E-state index is 5.81. The summed E-state index contributed by atoms with van der Waals surface area (Å²) >= 11 is 0. The average molecular weight is 241 g/mol. The third-order valence-electron chi connectivity index (χ3n) is 3.09. The molecule has 0 radical (unpaired) electrons. The lowest BCUT2D eigenvalue weighted by molar-refractivity contribution is 0.318. The Labute approximate surface area is 106 Å². The monoisotopic (exact) mass is 241 g/mol. The van der Waals surface area contributed by atoms with Gasteiger partial charge in [0.05, 0.1) is 6.04 Å². The summed E-state index contributed by atoms with van der Waals surface area (Å²) < 4.78 is 11.4. The smallest absolute Gasteiger partial charge is 0.128 e. The van der Waals surface area contributed by atoms with Crippen molar-refractivity contribution in [2.75, 3.05) is 13.7 Å². The van der Waals surface area contributed by atoms with Crippen LogP contribution in [0.15, 0.2) is 48.5 Å². The number of para-hydroxylation sites is 1. The van der Waals surface area contributed by atoms with Crippen molar-refractivity contribution in [3.05, 3.63) is 54.1 Å². The molecule has 0 spiro atoms. The number of ether oxygens (including phenoxy) is 2. The van der Waals surface area contributed by atoms with Gasteiger partial charge >= 0.3 is 0 Å². The Balaban J connectivity index is 1.87. The first-order valence-electron chi connectivity index (χ1n) is 6.04. The molecular formula is C15H15NO2. The zero-order chi connectivity index (χ0) is 12.4. The molecule has 0 saturated heterocycles. The number of hydrogen-bond donors (Lipinski definition) is 1. The van der Waals surface area contributed by atoms with Crippen molar-refractivity contribution in [3.8, 4) is 17.2 Å². The van der Waals surface area contributed by atoms with E-state index in [1.165, 1.54) is 0 Å². The van der Waals surface area contributed by atoms with Crippen LogP contribution in [0, 0.1) is 0 Å². The van der Waals surface area contributed by atoms with Crippen molar-refractivity contribution >= 4 is 0 Å². The Morgan fingerprint density at radius 1 is 1.11 bits per heavy atom. The van der Waals surface area contributed by atoms with E-state index >= 15 is 0 Å². The van der Waals surface area contributed by atoms with Gasteiger partial charge < -0.3 is 14.8 Å². The molecule has 0 amide bonds. The summed E-state index contributed by atoms with van der Waals surface area (Å²) in [7, 11) is 1.94. The van der Waals surface area contributed by atoms with Crippen LogP contribution in [0.5, 0.6) is 17.2 Å². The number of hydrogen-bond acceptors (Lipinski definition) is 3. The molecule has 18 heavy (non-hydrogen) atoms. The first kappa shape index (κ1) is 11.1. The number of nitrogens with one attached hydrogen (secondary N) is 1. The SMILES string of the molecule is CNC1COc2ccc(Oc3ccccc3)cc21. The zero-order valence-corrected chi connectivity index (χ0v) is 10.2. The van der Waals surface area contributed by atoms with E-state index in [1.54, 1.807) is 0 Å². The highest BCUT2D eigenvalue weighted by atomic mass is 16.5. The lowest BCUT2D eigenvalue weighted by atomic mass is 10.1. The summed E-state index contributed by atoms with van der Waals surface area (Å²) in [6, 6.07) is 16.0. The molecule has 1 heterocycles. The summed E-state index contributed by atoms with van der Waals surface area (Å²) in [5, 5.41) is 3.23. The minimum Gasteiger partial charge on any atom is -0.491 e. The van der Waals surface area contributed by atoms with Gasteiger partial charge in [-0.2, -0.15) is 0 Å². The third kappa shape index (κ3) is 2.05. The number of rotatable bonds is 3. The molecule has 1 unspecified atom stereocenters. The van der Waals surface area contributed by atoms with E-state index in [4.69, 9.17) is 9.47 Å². The minimum absolute atomic E-state index is 0.249. The molecule has 0 fully saturated rings. The number of likely N-dealkylation sites (N-methyl/N-ethyl adjacent to an activating group) is 1. The van der Waals surface area contributed by atoms with E-state index in [0.29, 0.717) is 6.61 Å². The second kappa shape index (κ2) is 4.70. The van der Waals surface area contributed by atoms with Gasteiger partial charge in [-0.05, 0) is 37.4 Å². The van der Waals surface area contributed by atoms with E-state index < -0.39 is 0 Å². The lowest BCUT2D eigenvalue weighted by Crippen LogP contribution is -2.17. The molecule has 0 saturated carbocycles. The molecule has 1 aliphatic rings. The van der Waals surface area contributed by atoms with Crippen LogP contribution in [-0.4, -0.2) is 13.7 Å². The Kier molecular flexibility index (Phi) is 2.90. The van der Waals surface area contributed by atoms with Crippen LogP contribution in [0.4, 0.5) is 0 Å². The van der Waals surface area contributed by atoms with Gasteiger partial charge in [-0.3, -0.25) is 0 Å². The van der Waals surface area contributed by atoms with Gasteiger partial charge in [0.25, 0.3) is 0 Å². The van der Waals surface area contributed by atoms with Crippen LogP contribution in [-0.2, 0) is 0 Å². The number of fused-ring (bicyclic) bond motifs is 1. The largest absolute Gasteiger partial charge is 0.491 e. The van der Waals surface area contributed by atoms with E-state index in [9.17, 15) is 0 Å². The molecule has 2 aromatic carbocycles. The highest BCUT2D eigenvalue weighted by Gasteiger charge is 2.23. The average Bonchev–Trinajstić information content (AvgIpc) is 2.82. The fourth-order valence-corrected chi connectivity index (χ4v) is 2.12. The van der Waals surface area contributed by atoms with Crippen LogP contribution >= 0.6 is 0 Å². The molecule has 3 heteroatoms. The highest BCUT2D eigenvalue weighted by molar-refractivity contribution is 5.46. The van der Waals surface area contributed by atoms with E-state index in [1.807, 2.05) is 55.6 Å².